The van der Waals surface area contributed by atoms with E-state index < -0.39 is 0 Å². The number of rotatable bonds is 5. The van der Waals surface area contributed by atoms with Crippen LogP contribution < -0.4 is 9.47 Å². The summed E-state index contributed by atoms with van der Waals surface area (Å²) in [6.45, 7) is 7.08. The van der Waals surface area contributed by atoms with E-state index in [1.807, 2.05) is 54.6 Å². The fourth-order valence-corrected chi connectivity index (χ4v) is 3.60. The van der Waals surface area contributed by atoms with Gasteiger partial charge in [-0.15, -0.1) is 0 Å². The fraction of sp³-hybridized carbons (Fsp3) is 0. The number of aliphatic imine (C=N–C) groups is 1. The SMILES string of the molecule is [C-]#[N+]c1ccc(OC2=NC(=C(c3ccccc3)c3ccc(Oc4ccc(C#N)cc4)[nH]3)C=C2)cc1. The Morgan fingerprint density at radius 2 is 1.54 bits per heavy atom. The summed E-state index contributed by atoms with van der Waals surface area (Å²) < 4.78 is 11.8. The Labute approximate surface area is 202 Å². The van der Waals surface area contributed by atoms with Crippen molar-refractivity contribution in [2.75, 3.05) is 0 Å². The summed E-state index contributed by atoms with van der Waals surface area (Å²) in [5.41, 5.74) is 4.61. The maximum absolute atomic E-state index is 8.98. The first-order chi connectivity index (χ1) is 17.2. The third-order valence-electron chi connectivity index (χ3n) is 5.26. The zero-order valence-corrected chi connectivity index (χ0v) is 18.5. The van der Waals surface area contributed by atoms with Gasteiger partial charge in [0.05, 0.1) is 29.6 Å². The van der Waals surface area contributed by atoms with E-state index in [-0.39, 0.29) is 0 Å². The molecule has 35 heavy (non-hydrogen) atoms. The molecule has 0 atom stereocenters. The molecular formula is C29H18N4O2. The van der Waals surface area contributed by atoms with Gasteiger partial charge in [-0.3, -0.25) is 0 Å². The number of aromatic amines is 1. The van der Waals surface area contributed by atoms with E-state index >= 15 is 0 Å². The van der Waals surface area contributed by atoms with Crippen LogP contribution in [0.2, 0.25) is 0 Å². The normalized spacial score (nSPS) is 13.5. The number of allylic oxidation sites excluding steroid dienone is 1. The first-order valence-corrected chi connectivity index (χ1v) is 10.8. The van der Waals surface area contributed by atoms with Gasteiger partial charge in [-0.25, -0.2) is 9.84 Å². The molecule has 166 valence electrons. The number of H-pyrrole nitrogens is 1. The highest BCUT2D eigenvalue weighted by molar-refractivity contribution is 5.97. The summed E-state index contributed by atoms with van der Waals surface area (Å²) >= 11 is 0. The van der Waals surface area contributed by atoms with Crippen molar-refractivity contribution in [3.63, 3.8) is 0 Å². The van der Waals surface area contributed by atoms with Crippen LogP contribution in [0.1, 0.15) is 16.8 Å². The number of nitrogens with one attached hydrogen (secondary N) is 1. The second-order valence-corrected chi connectivity index (χ2v) is 7.59. The molecule has 3 aromatic carbocycles. The highest BCUT2D eigenvalue weighted by atomic mass is 16.5. The van der Waals surface area contributed by atoms with E-state index in [0.29, 0.717) is 34.5 Å². The van der Waals surface area contributed by atoms with Crippen LogP contribution in [0.15, 0.2) is 114 Å². The van der Waals surface area contributed by atoms with Gasteiger partial charge < -0.3 is 14.5 Å². The standard InChI is InChI=1S/C29H18N4O2/c1-31-22-9-13-24(14-10-22)35-28-18-16-26(33-28)29(21-5-3-2-4-6-21)25-15-17-27(32-25)34-23-11-7-20(19-30)8-12-23/h2-18,32H. The molecule has 1 aliphatic heterocycles. The van der Waals surface area contributed by atoms with Crippen molar-refractivity contribution in [1.82, 2.24) is 4.98 Å². The molecule has 6 nitrogen and oxygen atoms in total. The molecule has 1 N–H and O–H groups in total. The molecule has 6 heteroatoms. The molecule has 1 aliphatic rings. The zero-order valence-electron chi connectivity index (χ0n) is 18.5. The number of hydrogen-bond acceptors (Lipinski definition) is 4. The van der Waals surface area contributed by atoms with Crippen molar-refractivity contribution in [2.24, 2.45) is 4.99 Å². The average molecular weight is 454 g/mol. The second kappa shape index (κ2) is 9.66. The van der Waals surface area contributed by atoms with Gasteiger partial charge in [0.1, 0.15) is 11.5 Å². The van der Waals surface area contributed by atoms with Crippen LogP contribution in [0.25, 0.3) is 10.4 Å². The lowest BCUT2D eigenvalue weighted by atomic mass is 10.0. The van der Waals surface area contributed by atoms with Crippen LogP contribution in [0, 0.1) is 17.9 Å². The Bertz CT molecular complexity index is 1530. The number of hydrogen-bond donors (Lipinski definition) is 1. The van der Waals surface area contributed by atoms with Gasteiger partial charge in [-0.05, 0) is 54.1 Å². The van der Waals surface area contributed by atoms with Gasteiger partial charge in [0.15, 0.2) is 11.6 Å². The molecule has 5 rings (SSSR count). The summed E-state index contributed by atoms with van der Waals surface area (Å²) in [5, 5.41) is 8.98. The predicted octanol–water partition coefficient (Wildman–Crippen LogP) is 7.04. The smallest absolute Gasteiger partial charge is 0.219 e. The van der Waals surface area contributed by atoms with Crippen LogP contribution in [-0.4, -0.2) is 10.9 Å². The van der Waals surface area contributed by atoms with Crippen LogP contribution in [-0.2, 0) is 0 Å². The highest BCUT2D eigenvalue weighted by Crippen LogP contribution is 2.32. The number of nitrogens with zero attached hydrogens (tertiary/aromatic N) is 3. The molecular weight excluding hydrogens is 436 g/mol. The third-order valence-corrected chi connectivity index (χ3v) is 5.26. The molecule has 0 radical (unpaired) electrons. The van der Waals surface area contributed by atoms with Gasteiger partial charge in [0.25, 0.3) is 0 Å². The number of benzene rings is 3. The Morgan fingerprint density at radius 1 is 0.829 bits per heavy atom. The van der Waals surface area contributed by atoms with E-state index in [4.69, 9.17) is 26.3 Å². The molecule has 0 amide bonds. The lowest BCUT2D eigenvalue weighted by molar-refractivity contribution is 0.466. The minimum atomic E-state index is 0.463. The monoisotopic (exact) mass is 454 g/mol. The maximum atomic E-state index is 8.98. The largest absolute Gasteiger partial charge is 0.441 e. The van der Waals surface area contributed by atoms with Crippen molar-refractivity contribution >= 4 is 17.2 Å². The van der Waals surface area contributed by atoms with Gasteiger partial charge >= 0.3 is 0 Å². The van der Waals surface area contributed by atoms with Gasteiger partial charge in [-0.1, -0.05) is 42.5 Å². The van der Waals surface area contributed by atoms with E-state index in [0.717, 1.165) is 22.5 Å². The molecule has 0 saturated heterocycles. The summed E-state index contributed by atoms with van der Waals surface area (Å²) in [5.74, 6) is 2.27. The van der Waals surface area contributed by atoms with E-state index in [1.165, 1.54) is 0 Å². The van der Waals surface area contributed by atoms with Crippen molar-refractivity contribution in [3.8, 4) is 23.4 Å². The van der Waals surface area contributed by atoms with Crippen molar-refractivity contribution in [2.45, 2.75) is 0 Å². The molecule has 0 spiro atoms. The van der Waals surface area contributed by atoms with Crippen LogP contribution in [0.4, 0.5) is 5.69 Å². The minimum Gasteiger partial charge on any atom is -0.441 e. The van der Waals surface area contributed by atoms with E-state index in [9.17, 15) is 0 Å². The van der Waals surface area contributed by atoms with Crippen molar-refractivity contribution in [1.29, 1.82) is 5.26 Å². The Kier molecular flexibility index (Phi) is 5.94. The zero-order chi connectivity index (χ0) is 24.0. The van der Waals surface area contributed by atoms with Crippen LogP contribution in [0.5, 0.6) is 17.4 Å². The molecule has 0 saturated carbocycles. The Balaban J connectivity index is 1.45. The number of nitriles is 1. The first-order valence-electron chi connectivity index (χ1n) is 10.8. The van der Waals surface area contributed by atoms with Crippen LogP contribution >= 0.6 is 0 Å². The summed E-state index contributed by atoms with van der Waals surface area (Å²) in [6.07, 6.45) is 3.73. The average Bonchev–Trinajstić information content (AvgIpc) is 3.56. The van der Waals surface area contributed by atoms with Crippen molar-refractivity contribution < 1.29 is 9.47 Å². The molecule has 0 fully saturated rings. The Hall–Kier alpha value is -5.33. The summed E-state index contributed by atoms with van der Waals surface area (Å²) in [7, 11) is 0. The van der Waals surface area contributed by atoms with E-state index in [1.54, 1.807) is 48.5 Å². The topological polar surface area (TPSA) is 74.8 Å². The predicted molar refractivity (Wildman–Crippen MR) is 134 cm³/mol. The fourth-order valence-electron chi connectivity index (χ4n) is 3.60. The third kappa shape index (κ3) is 4.88. The highest BCUT2D eigenvalue weighted by Gasteiger charge is 2.17. The first kappa shape index (κ1) is 21.5. The summed E-state index contributed by atoms with van der Waals surface area (Å²) in [6, 6.07) is 29.7. The molecule has 4 aromatic rings. The second-order valence-electron chi connectivity index (χ2n) is 7.59. The molecule has 0 aliphatic carbocycles. The van der Waals surface area contributed by atoms with Gasteiger partial charge in [-0.2, -0.15) is 5.26 Å². The van der Waals surface area contributed by atoms with Gasteiger partial charge in [0.2, 0.25) is 5.90 Å². The van der Waals surface area contributed by atoms with Crippen LogP contribution in [0.3, 0.4) is 0 Å². The summed E-state index contributed by atoms with van der Waals surface area (Å²) in [4.78, 5) is 11.4. The number of aromatic nitrogens is 1. The lowest BCUT2D eigenvalue weighted by Gasteiger charge is -2.09. The van der Waals surface area contributed by atoms with Gasteiger partial charge in [0, 0.05) is 17.7 Å². The minimum absolute atomic E-state index is 0.463. The molecule has 0 bridgehead atoms. The van der Waals surface area contributed by atoms with Crippen molar-refractivity contribution in [3.05, 3.63) is 137 Å². The molecule has 1 aromatic heterocycles. The maximum Gasteiger partial charge on any atom is 0.219 e. The Morgan fingerprint density at radius 3 is 2.26 bits per heavy atom. The molecule has 0 unspecified atom stereocenters. The quantitative estimate of drug-likeness (QED) is 0.329. The lowest BCUT2D eigenvalue weighted by Crippen LogP contribution is -2.02. The molecule has 2 heterocycles. The van der Waals surface area contributed by atoms with E-state index in [2.05, 4.69) is 15.9 Å². The number of ether oxygens (including phenoxy) is 2.